The topological polar surface area (TPSA) is 78.2 Å². The fourth-order valence-electron chi connectivity index (χ4n) is 3.12. The Hall–Kier alpha value is -2.96. The van der Waals surface area contributed by atoms with Gasteiger partial charge in [0, 0.05) is 12.1 Å². The van der Waals surface area contributed by atoms with Crippen molar-refractivity contribution in [2.24, 2.45) is 5.92 Å². The Balaban J connectivity index is 1.78. The zero-order chi connectivity index (χ0) is 20.1. The van der Waals surface area contributed by atoms with E-state index in [-0.39, 0.29) is 5.92 Å². The maximum absolute atomic E-state index is 12.5. The van der Waals surface area contributed by atoms with Crippen LogP contribution in [0.2, 0.25) is 0 Å². The molecule has 7 nitrogen and oxygen atoms in total. The number of amides is 1. The Labute approximate surface area is 164 Å². The summed E-state index contributed by atoms with van der Waals surface area (Å²) in [5.74, 6) is 0.418. The molecule has 1 aliphatic rings. The van der Waals surface area contributed by atoms with Gasteiger partial charge in [-0.2, -0.15) is 0 Å². The lowest BCUT2D eigenvalue weighted by atomic mass is 9.92. The Morgan fingerprint density at radius 3 is 2.79 bits per heavy atom. The predicted molar refractivity (Wildman–Crippen MR) is 101 cm³/mol. The fourth-order valence-corrected chi connectivity index (χ4v) is 3.12. The Kier molecular flexibility index (Phi) is 6.23. The van der Waals surface area contributed by atoms with Crippen LogP contribution in [0.25, 0.3) is 0 Å². The molecule has 1 aliphatic heterocycles. The van der Waals surface area contributed by atoms with Crippen molar-refractivity contribution in [1.29, 1.82) is 0 Å². The summed E-state index contributed by atoms with van der Waals surface area (Å²) in [6, 6.07) is 6.52. The lowest BCUT2D eigenvalue weighted by molar-refractivity contribution is -0.147. The van der Waals surface area contributed by atoms with E-state index in [2.05, 4.69) is 0 Å². The molecule has 1 amide bonds. The monoisotopic (exact) mass is 387 g/mol. The highest BCUT2D eigenvalue weighted by Gasteiger charge is 2.37. The molecule has 1 aromatic heterocycles. The van der Waals surface area contributed by atoms with Gasteiger partial charge in [-0.25, -0.2) is 9.59 Å². The third kappa shape index (κ3) is 4.47. The molecule has 3 rings (SSSR count). The van der Waals surface area contributed by atoms with Crippen LogP contribution >= 0.6 is 0 Å². The van der Waals surface area contributed by atoms with E-state index in [1.165, 1.54) is 12.0 Å². The van der Waals surface area contributed by atoms with Crippen molar-refractivity contribution in [3.8, 4) is 5.75 Å². The van der Waals surface area contributed by atoms with Crippen LogP contribution in [-0.4, -0.2) is 37.2 Å². The number of methoxy groups -OCH3 is 1. The number of carbonyl (C=O) groups excluding carboxylic acids is 2. The first-order valence-corrected chi connectivity index (χ1v) is 9.27. The van der Waals surface area contributed by atoms with E-state index in [4.69, 9.17) is 18.6 Å². The summed E-state index contributed by atoms with van der Waals surface area (Å²) in [5.41, 5.74) is 2.62. The molecular formula is C21H25NO6. The van der Waals surface area contributed by atoms with Crippen molar-refractivity contribution in [3.05, 3.63) is 53.5 Å². The molecule has 0 aliphatic carbocycles. The van der Waals surface area contributed by atoms with Gasteiger partial charge in [-0.1, -0.05) is 19.9 Å². The summed E-state index contributed by atoms with van der Waals surface area (Å²) < 4.78 is 21.1. The van der Waals surface area contributed by atoms with Crippen LogP contribution in [0.5, 0.6) is 5.75 Å². The van der Waals surface area contributed by atoms with Crippen LogP contribution in [0.1, 0.15) is 36.6 Å². The van der Waals surface area contributed by atoms with E-state index in [1.807, 2.05) is 32.0 Å². The van der Waals surface area contributed by atoms with Crippen molar-refractivity contribution < 1.29 is 28.2 Å². The highest BCUT2D eigenvalue weighted by molar-refractivity contribution is 5.84. The van der Waals surface area contributed by atoms with E-state index in [9.17, 15) is 9.59 Å². The molecular weight excluding hydrogens is 362 g/mol. The second kappa shape index (κ2) is 8.82. The highest BCUT2D eigenvalue weighted by Crippen LogP contribution is 2.33. The van der Waals surface area contributed by atoms with Gasteiger partial charge in [-0.05, 0) is 41.7 Å². The smallest absolute Gasteiger partial charge is 0.410 e. The lowest BCUT2D eigenvalue weighted by Crippen LogP contribution is -2.44. The zero-order valence-corrected chi connectivity index (χ0v) is 16.3. The second-order valence-corrected chi connectivity index (χ2v) is 7.12. The van der Waals surface area contributed by atoms with Gasteiger partial charge in [-0.3, -0.25) is 4.90 Å². The molecule has 28 heavy (non-hydrogen) atoms. The number of hydrogen-bond acceptors (Lipinski definition) is 6. The molecule has 0 radical (unpaired) electrons. The molecule has 1 atom stereocenters. The minimum atomic E-state index is -0.823. The number of hydrogen-bond donors (Lipinski definition) is 0. The first-order chi connectivity index (χ1) is 13.5. The third-order valence-corrected chi connectivity index (χ3v) is 4.53. The molecule has 1 aromatic carbocycles. The van der Waals surface area contributed by atoms with Gasteiger partial charge in [0.2, 0.25) is 0 Å². The van der Waals surface area contributed by atoms with Gasteiger partial charge in [0.1, 0.15) is 12.4 Å². The molecule has 0 saturated carbocycles. The molecule has 0 bridgehead atoms. The summed E-state index contributed by atoms with van der Waals surface area (Å²) >= 11 is 0. The molecule has 1 unspecified atom stereocenters. The number of carbonyl (C=O) groups is 2. The van der Waals surface area contributed by atoms with E-state index in [0.717, 1.165) is 16.7 Å². The SMILES string of the molecule is COC(=O)C1c2ccc(OCc3ccoc3)cc2CCN1C(=O)OCC(C)C. The lowest BCUT2D eigenvalue weighted by Gasteiger charge is -2.35. The number of ether oxygens (including phenoxy) is 3. The van der Waals surface area contributed by atoms with Crippen molar-refractivity contribution in [3.63, 3.8) is 0 Å². The van der Waals surface area contributed by atoms with Gasteiger partial charge in [0.25, 0.3) is 0 Å². The molecule has 7 heteroatoms. The molecule has 150 valence electrons. The van der Waals surface area contributed by atoms with Crippen LogP contribution in [0, 0.1) is 5.92 Å². The number of rotatable bonds is 6. The summed E-state index contributed by atoms with van der Waals surface area (Å²) in [5, 5.41) is 0. The number of furan rings is 1. The number of esters is 1. The number of nitrogens with zero attached hydrogens (tertiary/aromatic N) is 1. The number of benzene rings is 1. The summed E-state index contributed by atoms with van der Waals surface area (Å²) in [6.07, 6.45) is 3.32. The van der Waals surface area contributed by atoms with Crippen LogP contribution in [0.3, 0.4) is 0 Å². The van der Waals surface area contributed by atoms with Crippen LogP contribution in [0.4, 0.5) is 4.79 Å². The quantitative estimate of drug-likeness (QED) is 0.703. The Morgan fingerprint density at radius 1 is 1.29 bits per heavy atom. The van der Waals surface area contributed by atoms with Gasteiger partial charge < -0.3 is 18.6 Å². The molecule has 0 N–H and O–H groups in total. The first-order valence-electron chi connectivity index (χ1n) is 9.27. The standard InChI is InChI=1S/C21H25NO6/c1-14(2)11-28-21(24)22-8-6-16-10-17(27-13-15-7-9-26-12-15)4-5-18(16)19(22)20(23)25-3/h4-5,7,9-10,12,14,19H,6,8,11,13H2,1-3H3. The van der Waals surface area contributed by atoms with Gasteiger partial charge in [0.15, 0.2) is 6.04 Å². The molecule has 0 spiro atoms. The normalized spacial score (nSPS) is 15.9. The highest BCUT2D eigenvalue weighted by atomic mass is 16.6. The second-order valence-electron chi connectivity index (χ2n) is 7.12. The average molecular weight is 387 g/mol. The zero-order valence-electron chi connectivity index (χ0n) is 16.3. The average Bonchev–Trinajstić information content (AvgIpc) is 3.22. The van der Waals surface area contributed by atoms with Crippen molar-refractivity contribution >= 4 is 12.1 Å². The summed E-state index contributed by atoms with van der Waals surface area (Å²) in [6.45, 7) is 4.98. The summed E-state index contributed by atoms with van der Waals surface area (Å²) in [7, 11) is 1.32. The van der Waals surface area contributed by atoms with Gasteiger partial charge in [0.05, 0.1) is 26.2 Å². The van der Waals surface area contributed by atoms with Crippen molar-refractivity contribution in [2.45, 2.75) is 32.9 Å². The van der Waals surface area contributed by atoms with Crippen LogP contribution in [0.15, 0.2) is 41.2 Å². The Bertz CT molecular complexity index is 814. The van der Waals surface area contributed by atoms with Gasteiger partial charge >= 0.3 is 12.1 Å². The fraction of sp³-hybridized carbons (Fsp3) is 0.429. The minimum absolute atomic E-state index is 0.215. The van der Waals surface area contributed by atoms with Crippen LogP contribution < -0.4 is 4.74 Å². The van der Waals surface area contributed by atoms with E-state index in [0.29, 0.717) is 31.9 Å². The first kappa shape index (κ1) is 19.8. The third-order valence-electron chi connectivity index (χ3n) is 4.53. The summed E-state index contributed by atoms with van der Waals surface area (Å²) in [4.78, 5) is 26.4. The van der Waals surface area contributed by atoms with Gasteiger partial charge in [-0.15, -0.1) is 0 Å². The minimum Gasteiger partial charge on any atom is -0.489 e. The maximum atomic E-state index is 12.5. The Morgan fingerprint density at radius 2 is 2.11 bits per heavy atom. The largest absolute Gasteiger partial charge is 0.489 e. The predicted octanol–water partition coefficient (Wildman–Crippen LogP) is 3.72. The van der Waals surface area contributed by atoms with E-state index in [1.54, 1.807) is 18.6 Å². The van der Waals surface area contributed by atoms with E-state index >= 15 is 0 Å². The molecule has 0 saturated heterocycles. The molecule has 2 aromatic rings. The maximum Gasteiger partial charge on any atom is 0.410 e. The number of fused-ring (bicyclic) bond motifs is 1. The molecule has 2 heterocycles. The van der Waals surface area contributed by atoms with Crippen molar-refractivity contribution in [1.82, 2.24) is 4.90 Å². The van der Waals surface area contributed by atoms with Crippen LogP contribution in [-0.2, 0) is 27.3 Å². The van der Waals surface area contributed by atoms with E-state index < -0.39 is 18.1 Å². The molecule has 0 fully saturated rings. The van der Waals surface area contributed by atoms with Crippen molar-refractivity contribution in [2.75, 3.05) is 20.3 Å².